The van der Waals surface area contributed by atoms with Gasteiger partial charge < -0.3 is 20.1 Å². The highest BCUT2D eigenvalue weighted by atomic mass is 31.2. The molecule has 0 aromatic carbocycles. The van der Waals surface area contributed by atoms with Crippen LogP contribution < -0.4 is 5.73 Å². The van der Waals surface area contributed by atoms with Crippen LogP contribution in [-0.2, 0) is 32.7 Å². The Morgan fingerprint density at radius 1 is 0.508 bits per heavy atom. The van der Waals surface area contributed by atoms with Crippen LogP contribution in [0.3, 0.4) is 0 Å². The zero-order chi connectivity index (χ0) is 43.2. The summed E-state index contributed by atoms with van der Waals surface area (Å²) in [6, 6.07) is 0. The van der Waals surface area contributed by atoms with Gasteiger partial charge in [0.05, 0.1) is 13.2 Å². The molecule has 0 rings (SSSR count). The van der Waals surface area contributed by atoms with Crippen molar-refractivity contribution in [2.75, 3.05) is 26.4 Å². The Bertz CT molecular complexity index is 1060. The minimum atomic E-state index is -4.37. The molecule has 10 heteroatoms. The lowest BCUT2D eigenvalue weighted by atomic mass is 10.0. The van der Waals surface area contributed by atoms with Gasteiger partial charge in [0.25, 0.3) is 0 Å². The van der Waals surface area contributed by atoms with Gasteiger partial charge in [-0.3, -0.25) is 18.6 Å². The summed E-state index contributed by atoms with van der Waals surface area (Å²) in [6.45, 7) is 3.73. The van der Waals surface area contributed by atoms with Gasteiger partial charge in [0.1, 0.15) is 6.61 Å². The second-order valence-electron chi connectivity index (χ2n) is 16.3. The first-order valence-corrected chi connectivity index (χ1v) is 26.0. The number of carbonyl (C=O) groups is 2. The first-order valence-electron chi connectivity index (χ1n) is 24.5. The van der Waals surface area contributed by atoms with E-state index in [1.807, 2.05) is 0 Å². The lowest BCUT2D eigenvalue weighted by Crippen LogP contribution is -2.29. The van der Waals surface area contributed by atoms with Crippen molar-refractivity contribution in [3.63, 3.8) is 0 Å². The number of unbranched alkanes of at least 4 members (excludes halogenated alkanes) is 27. The lowest BCUT2D eigenvalue weighted by Gasteiger charge is -2.19. The predicted molar refractivity (Wildman–Crippen MR) is 247 cm³/mol. The minimum absolute atomic E-state index is 0.0541. The molecule has 0 aromatic heterocycles. The van der Waals surface area contributed by atoms with E-state index >= 15 is 0 Å². The number of esters is 2. The van der Waals surface area contributed by atoms with Crippen LogP contribution in [0.15, 0.2) is 36.5 Å². The molecule has 9 nitrogen and oxygen atoms in total. The van der Waals surface area contributed by atoms with Crippen molar-refractivity contribution >= 4 is 19.8 Å². The van der Waals surface area contributed by atoms with E-state index in [9.17, 15) is 19.0 Å². The topological polar surface area (TPSA) is 134 Å². The van der Waals surface area contributed by atoms with Crippen molar-refractivity contribution in [3.8, 4) is 0 Å². The maximum Gasteiger partial charge on any atom is 0.472 e. The zero-order valence-electron chi connectivity index (χ0n) is 38.2. The van der Waals surface area contributed by atoms with E-state index in [-0.39, 0.29) is 38.6 Å². The van der Waals surface area contributed by atoms with Crippen molar-refractivity contribution in [2.45, 2.75) is 238 Å². The van der Waals surface area contributed by atoms with E-state index in [2.05, 4.69) is 50.3 Å². The molecule has 0 saturated heterocycles. The molecule has 0 saturated carbocycles. The SMILES string of the molecule is CCCCCCC/C=C\C/C=C\C/C=C\CCCCCCCCCCCCCCC(=O)OC(COC(=O)CCCCCCCCCCCCC)COP(=O)(O)OCCN. The standard InChI is InChI=1S/C49H92NO8P/c1-3-5-7-9-11-13-15-16-17-18-19-20-21-22-23-24-25-26-27-28-29-30-32-34-36-38-40-42-49(52)58-47(46-57-59(53,54)56-44-43-50)45-55-48(51)41-39-37-35-33-31-14-12-10-8-6-4-2/h15-16,18-19,21-22,47H,3-14,17,20,23-46,50H2,1-2H3,(H,53,54)/b16-15-,19-18-,22-21-. The van der Waals surface area contributed by atoms with Crippen molar-refractivity contribution in [1.29, 1.82) is 0 Å². The molecule has 0 aliphatic rings. The Morgan fingerprint density at radius 2 is 0.881 bits per heavy atom. The Labute approximate surface area is 363 Å². The van der Waals surface area contributed by atoms with Gasteiger partial charge in [0, 0.05) is 19.4 Å². The van der Waals surface area contributed by atoms with Crippen LogP contribution in [0, 0.1) is 0 Å². The highest BCUT2D eigenvalue weighted by molar-refractivity contribution is 7.47. The normalized spacial score (nSPS) is 13.5. The summed E-state index contributed by atoms with van der Waals surface area (Å²) >= 11 is 0. The van der Waals surface area contributed by atoms with Gasteiger partial charge in [-0.2, -0.15) is 0 Å². The zero-order valence-corrected chi connectivity index (χ0v) is 39.1. The summed E-state index contributed by atoms with van der Waals surface area (Å²) in [5.74, 6) is -0.824. The van der Waals surface area contributed by atoms with Crippen molar-refractivity contribution in [1.82, 2.24) is 0 Å². The summed E-state index contributed by atoms with van der Waals surface area (Å²) in [5.41, 5.74) is 5.35. The summed E-state index contributed by atoms with van der Waals surface area (Å²) in [6.07, 6.45) is 51.9. The van der Waals surface area contributed by atoms with Crippen LogP contribution >= 0.6 is 7.82 Å². The van der Waals surface area contributed by atoms with Gasteiger partial charge >= 0.3 is 19.8 Å². The second-order valence-corrected chi connectivity index (χ2v) is 17.8. The first kappa shape index (κ1) is 57.2. The Kier molecular flexibility index (Phi) is 44.4. The summed E-state index contributed by atoms with van der Waals surface area (Å²) in [7, 11) is -4.37. The predicted octanol–water partition coefficient (Wildman–Crippen LogP) is 14.5. The molecule has 0 bridgehead atoms. The van der Waals surface area contributed by atoms with Crippen molar-refractivity contribution in [2.24, 2.45) is 5.73 Å². The lowest BCUT2D eigenvalue weighted by molar-refractivity contribution is -0.161. The molecule has 2 atom stereocenters. The quantitative estimate of drug-likeness (QED) is 0.0265. The Balaban J connectivity index is 3.97. The molecule has 3 N–H and O–H groups in total. The molecular formula is C49H92NO8P. The molecule has 2 unspecified atom stereocenters. The van der Waals surface area contributed by atoms with Gasteiger partial charge in [-0.1, -0.05) is 204 Å². The van der Waals surface area contributed by atoms with E-state index in [1.165, 1.54) is 148 Å². The Hall–Kier alpha value is -1.77. The summed E-state index contributed by atoms with van der Waals surface area (Å²) in [4.78, 5) is 34.9. The number of allylic oxidation sites excluding steroid dienone is 6. The third-order valence-electron chi connectivity index (χ3n) is 10.5. The van der Waals surface area contributed by atoms with E-state index in [4.69, 9.17) is 24.3 Å². The molecule has 59 heavy (non-hydrogen) atoms. The van der Waals surface area contributed by atoms with Gasteiger partial charge in [-0.05, 0) is 51.4 Å². The summed E-state index contributed by atoms with van der Waals surface area (Å²) < 4.78 is 32.8. The van der Waals surface area contributed by atoms with E-state index in [1.54, 1.807) is 0 Å². The molecule has 0 radical (unpaired) electrons. The van der Waals surface area contributed by atoms with Gasteiger partial charge in [-0.25, -0.2) is 4.57 Å². The molecule has 0 heterocycles. The number of phosphoric ester groups is 1. The number of ether oxygens (including phenoxy) is 2. The molecule has 0 amide bonds. The van der Waals surface area contributed by atoms with Crippen LogP contribution in [0.25, 0.3) is 0 Å². The third kappa shape index (κ3) is 45.6. The Morgan fingerprint density at radius 3 is 1.31 bits per heavy atom. The third-order valence-corrected chi connectivity index (χ3v) is 11.5. The molecule has 0 aliphatic carbocycles. The number of rotatable bonds is 46. The highest BCUT2D eigenvalue weighted by Crippen LogP contribution is 2.43. The fourth-order valence-electron chi connectivity index (χ4n) is 6.88. The van der Waals surface area contributed by atoms with E-state index in [0.717, 1.165) is 51.4 Å². The minimum Gasteiger partial charge on any atom is -0.462 e. The summed E-state index contributed by atoms with van der Waals surface area (Å²) in [5, 5.41) is 0. The molecule has 0 aromatic rings. The van der Waals surface area contributed by atoms with Crippen LogP contribution in [0.5, 0.6) is 0 Å². The second kappa shape index (κ2) is 45.7. The maximum atomic E-state index is 12.6. The van der Waals surface area contributed by atoms with Gasteiger partial charge in [0.2, 0.25) is 0 Å². The fourth-order valence-corrected chi connectivity index (χ4v) is 7.64. The van der Waals surface area contributed by atoms with Crippen molar-refractivity contribution in [3.05, 3.63) is 36.5 Å². The molecule has 0 aliphatic heterocycles. The molecular weight excluding hydrogens is 762 g/mol. The van der Waals surface area contributed by atoms with Crippen LogP contribution in [0.4, 0.5) is 0 Å². The fraction of sp³-hybridized carbons (Fsp3) is 0.837. The van der Waals surface area contributed by atoms with E-state index in [0.29, 0.717) is 6.42 Å². The van der Waals surface area contributed by atoms with Crippen molar-refractivity contribution < 1.29 is 37.6 Å². The number of hydrogen-bond donors (Lipinski definition) is 2. The average molecular weight is 854 g/mol. The monoisotopic (exact) mass is 854 g/mol. The maximum absolute atomic E-state index is 12.6. The van der Waals surface area contributed by atoms with Crippen LogP contribution in [0.2, 0.25) is 0 Å². The molecule has 346 valence electrons. The smallest absolute Gasteiger partial charge is 0.462 e. The van der Waals surface area contributed by atoms with Crippen LogP contribution in [0.1, 0.15) is 232 Å². The first-order chi connectivity index (χ1) is 28.8. The van der Waals surface area contributed by atoms with E-state index < -0.39 is 26.5 Å². The molecule has 0 spiro atoms. The number of hydrogen-bond acceptors (Lipinski definition) is 8. The van der Waals surface area contributed by atoms with Crippen LogP contribution in [-0.4, -0.2) is 49.3 Å². The number of carbonyl (C=O) groups excluding carboxylic acids is 2. The number of phosphoric acid groups is 1. The largest absolute Gasteiger partial charge is 0.472 e. The molecule has 0 fully saturated rings. The van der Waals surface area contributed by atoms with Gasteiger partial charge in [-0.15, -0.1) is 0 Å². The highest BCUT2D eigenvalue weighted by Gasteiger charge is 2.26. The van der Waals surface area contributed by atoms with Gasteiger partial charge in [0.15, 0.2) is 6.10 Å². The number of nitrogens with two attached hydrogens (primary N) is 1. The average Bonchev–Trinajstić information content (AvgIpc) is 3.22.